The number of unbranched alkanes of at least 4 members (excludes halogenated alkanes) is 8. The Morgan fingerprint density at radius 3 is 2.22 bits per heavy atom. The van der Waals surface area contributed by atoms with Crippen molar-refractivity contribution in [2.75, 3.05) is 29.5 Å². The van der Waals surface area contributed by atoms with Gasteiger partial charge in [0.1, 0.15) is 0 Å². The molecular weight excluding hydrogens is 568 g/mol. The van der Waals surface area contributed by atoms with E-state index in [2.05, 4.69) is 36.4 Å². The number of amides is 2. The Balaban J connectivity index is 2.12. The van der Waals surface area contributed by atoms with E-state index < -0.39 is 0 Å². The Morgan fingerprint density at radius 2 is 1.56 bits per heavy atom. The number of hydrogen-bond donors (Lipinski definition) is 3. The Kier molecular flexibility index (Phi) is 17.8. The lowest BCUT2D eigenvalue weighted by Gasteiger charge is -2.18. The fourth-order valence-corrected chi connectivity index (χ4v) is 5.67. The Labute approximate surface area is 263 Å². The van der Waals surface area contributed by atoms with Crippen LogP contribution in [0, 0.1) is 6.92 Å². The van der Waals surface area contributed by atoms with Gasteiger partial charge in [-0.3, -0.25) is 10.3 Å². The van der Waals surface area contributed by atoms with E-state index in [9.17, 15) is 4.79 Å². The maximum atomic E-state index is 13.7. The van der Waals surface area contributed by atoms with Crippen molar-refractivity contribution in [1.82, 2.24) is 4.90 Å². The monoisotopic (exact) mass is 617 g/mol. The number of urea groups is 1. The molecule has 2 aromatic rings. The smallest absolute Gasteiger partial charge is 0.349 e. The first kappa shape index (κ1) is 35.1. The van der Waals surface area contributed by atoms with Crippen molar-refractivity contribution in [3.05, 3.63) is 58.6 Å². The Hall–Kier alpha value is -2.09. The molecule has 3 N–H and O–H groups in total. The van der Waals surface area contributed by atoms with Crippen LogP contribution in [0.2, 0.25) is 5.02 Å². The number of amidine groups is 1. The van der Waals surface area contributed by atoms with Crippen LogP contribution in [0.4, 0.5) is 16.2 Å². The molecule has 0 aliphatic carbocycles. The van der Waals surface area contributed by atoms with Crippen LogP contribution in [0.15, 0.2) is 42.5 Å². The van der Waals surface area contributed by atoms with Gasteiger partial charge in [-0.2, -0.15) is 4.90 Å². The largest absolute Gasteiger partial charge is 0.413 e. The van der Waals surface area contributed by atoms with Crippen LogP contribution in [-0.4, -0.2) is 39.9 Å². The summed E-state index contributed by atoms with van der Waals surface area (Å²) in [6.45, 7) is 10.2. The van der Waals surface area contributed by atoms with Gasteiger partial charge in [0.2, 0.25) is 0 Å². The zero-order valence-electron chi connectivity index (χ0n) is 25.5. The number of carbonyl (C=O) groups excluding carboxylic acids is 1. The van der Waals surface area contributed by atoms with Crippen LogP contribution in [0.3, 0.4) is 0 Å². The van der Waals surface area contributed by atoms with E-state index in [-0.39, 0.29) is 6.03 Å². The highest BCUT2D eigenvalue weighted by Crippen LogP contribution is 2.22. The molecule has 0 atom stereocenters. The van der Waals surface area contributed by atoms with Crippen LogP contribution in [0.5, 0.6) is 0 Å². The number of anilines is 2. The molecule has 8 heteroatoms. The fraction of sp³-hybridized carbons (Fsp3) is 0.545. The van der Waals surface area contributed by atoms with Gasteiger partial charge in [-0.25, -0.2) is 4.79 Å². The lowest BCUT2D eigenvalue weighted by atomic mass is 10.1. The third-order valence-electron chi connectivity index (χ3n) is 6.85. The highest BCUT2D eigenvalue weighted by atomic mass is 35.5. The van der Waals surface area contributed by atoms with E-state index in [0.29, 0.717) is 23.0 Å². The zero-order chi connectivity index (χ0) is 29.9. The average Bonchev–Trinajstić information content (AvgIpc) is 2.95. The van der Waals surface area contributed by atoms with Gasteiger partial charge in [0.25, 0.3) is 0 Å². The summed E-state index contributed by atoms with van der Waals surface area (Å²) >= 11 is 13.4. The minimum atomic E-state index is -0.103. The first-order chi connectivity index (χ1) is 19.9. The van der Waals surface area contributed by atoms with Crippen LogP contribution < -0.4 is 15.6 Å². The molecule has 226 valence electrons. The maximum absolute atomic E-state index is 13.7. The number of nitrogens with one attached hydrogen (secondary N) is 3. The second-order valence-electron chi connectivity index (χ2n) is 10.5. The minimum Gasteiger partial charge on any atom is -0.349 e. The molecule has 41 heavy (non-hydrogen) atoms. The van der Waals surface area contributed by atoms with E-state index in [0.717, 1.165) is 59.2 Å². The molecule has 0 saturated heterocycles. The molecule has 0 unspecified atom stereocenters. The third-order valence-corrected chi connectivity index (χ3v) is 8.28. The number of aryl methyl sites for hydroxylation is 1. The summed E-state index contributed by atoms with van der Waals surface area (Å²) in [6, 6.07) is 13.5. The molecule has 0 aliphatic heterocycles. The number of rotatable bonds is 17. The van der Waals surface area contributed by atoms with Gasteiger partial charge in [-0.15, -0.1) is 0 Å². The maximum Gasteiger partial charge on any atom is 0.413 e. The standard InChI is InChI=1S/C33H49ClN4OS2/c1-5-8-10-12-14-22-35-33(41-7-3)38(23-15-13-11-9-6-2)32(39)36-29-21-16-26(4)30(25-29)37-31(40)24-27-17-19-28(34)20-18-27/h16-21,25H,5-15,22-24H2,1-4H3,(H,36,39)(H,37,40)/p+1. The minimum absolute atomic E-state index is 0.103. The molecule has 0 spiro atoms. The lowest BCUT2D eigenvalue weighted by molar-refractivity contribution is -0.459. The molecule has 0 aromatic heterocycles. The molecule has 0 heterocycles. The van der Waals surface area contributed by atoms with Gasteiger partial charge in [-0.05, 0) is 79.8 Å². The molecule has 0 bridgehead atoms. The van der Waals surface area contributed by atoms with Crippen LogP contribution in [-0.2, 0) is 6.42 Å². The second-order valence-corrected chi connectivity index (χ2v) is 12.6. The number of thioether (sulfide) groups is 1. The predicted molar refractivity (Wildman–Crippen MR) is 185 cm³/mol. The Morgan fingerprint density at radius 1 is 0.902 bits per heavy atom. The van der Waals surface area contributed by atoms with Gasteiger partial charge in [-0.1, -0.05) is 101 Å². The van der Waals surface area contributed by atoms with Crippen molar-refractivity contribution in [2.45, 2.75) is 98.3 Å². The van der Waals surface area contributed by atoms with E-state index in [4.69, 9.17) is 23.8 Å². The molecule has 0 fully saturated rings. The first-order valence-electron chi connectivity index (χ1n) is 15.3. The van der Waals surface area contributed by atoms with Crippen LogP contribution >= 0.6 is 35.6 Å². The molecule has 2 rings (SSSR count). The number of hydrogen-bond acceptors (Lipinski definition) is 3. The molecule has 2 amide bonds. The topological polar surface area (TPSA) is 58.3 Å². The van der Waals surface area contributed by atoms with Gasteiger partial charge in [0, 0.05) is 28.6 Å². The summed E-state index contributed by atoms with van der Waals surface area (Å²) in [4.78, 5) is 19.9. The molecule has 0 aliphatic rings. The third kappa shape index (κ3) is 14.1. The Bertz CT molecular complexity index is 1090. The average molecular weight is 618 g/mol. The van der Waals surface area contributed by atoms with Crippen molar-refractivity contribution in [3.8, 4) is 0 Å². The van der Waals surface area contributed by atoms with Crippen molar-refractivity contribution in [1.29, 1.82) is 0 Å². The van der Waals surface area contributed by atoms with Crippen LogP contribution in [0.1, 0.15) is 96.1 Å². The van der Waals surface area contributed by atoms with Gasteiger partial charge >= 0.3 is 11.2 Å². The van der Waals surface area contributed by atoms with E-state index >= 15 is 0 Å². The normalized spacial score (nSPS) is 11.4. The summed E-state index contributed by atoms with van der Waals surface area (Å²) < 4.78 is 0. The van der Waals surface area contributed by atoms with Gasteiger partial charge < -0.3 is 5.32 Å². The summed E-state index contributed by atoms with van der Waals surface area (Å²) in [7, 11) is 0. The van der Waals surface area contributed by atoms with E-state index in [1.165, 1.54) is 44.9 Å². The van der Waals surface area contributed by atoms with Crippen LogP contribution in [0.25, 0.3) is 0 Å². The van der Waals surface area contributed by atoms with Crippen molar-refractivity contribution in [2.24, 2.45) is 0 Å². The zero-order valence-corrected chi connectivity index (χ0v) is 27.9. The number of thiocarbonyl (C=S) groups is 1. The summed E-state index contributed by atoms with van der Waals surface area (Å²) in [5, 5.41) is 8.20. The highest BCUT2D eigenvalue weighted by molar-refractivity contribution is 8.13. The van der Waals surface area contributed by atoms with Crippen molar-refractivity contribution < 1.29 is 9.79 Å². The number of nitrogens with zero attached hydrogens (tertiary/aromatic N) is 1. The summed E-state index contributed by atoms with van der Waals surface area (Å²) in [6.07, 6.45) is 12.5. The number of carbonyl (C=O) groups is 1. The summed E-state index contributed by atoms with van der Waals surface area (Å²) in [5.41, 5.74) is 3.80. The number of halogens is 1. The second kappa shape index (κ2) is 20.7. The van der Waals surface area contributed by atoms with E-state index in [1.807, 2.05) is 54.3 Å². The molecule has 2 aromatic carbocycles. The van der Waals surface area contributed by atoms with Crippen molar-refractivity contribution >= 4 is 63.1 Å². The van der Waals surface area contributed by atoms with Gasteiger partial charge in [0.05, 0.1) is 18.1 Å². The lowest BCUT2D eigenvalue weighted by Crippen LogP contribution is -2.76. The molecular formula is C33H50ClN4OS2+. The first-order valence-corrected chi connectivity index (χ1v) is 17.1. The quantitative estimate of drug-likeness (QED) is 0.0720. The fourth-order valence-electron chi connectivity index (χ4n) is 4.46. The number of benzene rings is 2. The highest BCUT2D eigenvalue weighted by Gasteiger charge is 2.27. The van der Waals surface area contributed by atoms with E-state index in [1.54, 1.807) is 11.8 Å². The van der Waals surface area contributed by atoms with Crippen molar-refractivity contribution in [3.63, 3.8) is 0 Å². The molecule has 5 nitrogen and oxygen atoms in total. The SMILES string of the molecule is CCCCCCC[NH+]=C(SCC)N(CCCCCCC)C(=O)Nc1ccc(C)c(NC(=S)Cc2ccc(Cl)cc2)c1. The molecule has 0 radical (unpaired) electrons. The van der Waals surface area contributed by atoms with Gasteiger partial charge in [0.15, 0.2) is 0 Å². The predicted octanol–water partition coefficient (Wildman–Crippen LogP) is 8.59. The molecule has 0 saturated carbocycles. The summed E-state index contributed by atoms with van der Waals surface area (Å²) in [5.74, 6) is 0.904.